The number of carbonyl (C=O) groups is 1. The van der Waals surface area contributed by atoms with Crippen molar-refractivity contribution in [1.82, 2.24) is 9.80 Å². The van der Waals surface area contributed by atoms with Gasteiger partial charge in [-0.3, -0.25) is 9.69 Å². The first kappa shape index (κ1) is 34.1. The first-order chi connectivity index (χ1) is 22.9. The van der Waals surface area contributed by atoms with Crippen LogP contribution in [0.1, 0.15) is 71.9 Å². The summed E-state index contributed by atoms with van der Waals surface area (Å²) < 4.78 is 8.51. The second-order valence-electron chi connectivity index (χ2n) is 14.4. The number of rotatable bonds is 7. The number of fused-ring (bicyclic) bond motifs is 2. The Hall–Kier alpha value is -3.81. The van der Waals surface area contributed by atoms with Crippen molar-refractivity contribution in [3.05, 3.63) is 106 Å². The summed E-state index contributed by atoms with van der Waals surface area (Å²) in [6.45, 7) is 14.5. The smallest absolute Gasteiger partial charge is 0.240 e. The zero-order valence-corrected chi connectivity index (χ0v) is 30.9. The van der Waals surface area contributed by atoms with E-state index in [-0.39, 0.29) is 16.7 Å². The van der Waals surface area contributed by atoms with Gasteiger partial charge in [0.25, 0.3) is 0 Å². The van der Waals surface area contributed by atoms with Crippen LogP contribution in [-0.2, 0) is 20.4 Å². The highest BCUT2D eigenvalue weighted by atomic mass is 32.1. The maximum atomic E-state index is 14.5. The van der Waals surface area contributed by atoms with Crippen LogP contribution >= 0.6 is 12.2 Å². The van der Waals surface area contributed by atoms with Crippen LogP contribution in [0.5, 0.6) is 0 Å². The van der Waals surface area contributed by atoms with E-state index >= 15 is 0 Å². The maximum Gasteiger partial charge on any atom is 0.240 e. The predicted octanol–water partition coefficient (Wildman–Crippen LogP) is 8.02. The molecule has 4 aliphatic rings. The summed E-state index contributed by atoms with van der Waals surface area (Å²) in [6, 6.07) is 17.3. The summed E-state index contributed by atoms with van der Waals surface area (Å²) in [6.07, 6.45) is 11.5. The fraction of sp³-hybridized carbons (Fsp3) is 0.439. The Morgan fingerprint density at radius 3 is 2.27 bits per heavy atom. The Labute approximate surface area is 292 Å². The minimum Gasteiger partial charge on any atom is -0.360 e. The van der Waals surface area contributed by atoms with Gasteiger partial charge in [0.2, 0.25) is 11.6 Å². The van der Waals surface area contributed by atoms with E-state index in [1.54, 1.807) is 12.0 Å². The van der Waals surface area contributed by atoms with E-state index in [0.717, 1.165) is 24.8 Å². The third kappa shape index (κ3) is 5.30. The fourth-order valence-corrected chi connectivity index (χ4v) is 9.07. The Bertz CT molecular complexity index is 1810. The van der Waals surface area contributed by atoms with Gasteiger partial charge in [-0.15, -0.1) is 0 Å². The molecular weight excluding hydrogens is 613 g/mol. The monoisotopic (exact) mass is 663 g/mol. The first-order valence-electron chi connectivity index (χ1n) is 17.4. The Kier molecular flexibility index (Phi) is 9.16. The topological polar surface area (TPSA) is 39.0 Å². The highest BCUT2D eigenvalue weighted by molar-refractivity contribution is 7.80. The molecule has 2 atom stereocenters. The van der Waals surface area contributed by atoms with Gasteiger partial charge in [0.1, 0.15) is 19.2 Å². The quantitative estimate of drug-likeness (QED) is 0.222. The molecule has 0 spiro atoms. The van der Waals surface area contributed by atoms with Crippen LogP contribution in [0, 0.1) is 5.92 Å². The number of ether oxygens (including phenoxy) is 1. The molecule has 6 rings (SSSR count). The summed E-state index contributed by atoms with van der Waals surface area (Å²) in [7, 11) is 6.02. The number of hydrogen-bond donors (Lipinski definition) is 0. The molecule has 48 heavy (non-hydrogen) atoms. The molecule has 3 aliphatic heterocycles. The van der Waals surface area contributed by atoms with Gasteiger partial charge in [0.15, 0.2) is 10.8 Å². The number of benzene rings is 2. The van der Waals surface area contributed by atoms with E-state index in [2.05, 4.69) is 136 Å². The van der Waals surface area contributed by atoms with Crippen molar-refractivity contribution in [2.24, 2.45) is 5.92 Å². The van der Waals surface area contributed by atoms with Gasteiger partial charge in [-0.05, 0) is 93.6 Å². The van der Waals surface area contributed by atoms with Gasteiger partial charge in [-0.1, -0.05) is 62.4 Å². The molecule has 2 aromatic carbocycles. The minimum absolute atomic E-state index is 0.0181. The summed E-state index contributed by atoms with van der Waals surface area (Å²) in [5.74, 6) is -0.487. The van der Waals surface area contributed by atoms with Crippen molar-refractivity contribution in [2.75, 3.05) is 39.2 Å². The molecule has 2 unspecified atom stereocenters. The van der Waals surface area contributed by atoms with Crippen LogP contribution in [0.2, 0.25) is 0 Å². The Balaban J connectivity index is 1.52. The lowest BCUT2D eigenvalue weighted by molar-refractivity contribution is -0.401. The van der Waals surface area contributed by atoms with Crippen LogP contribution in [0.15, 0.2) is 95.3 Å². The van der Waals surface area contributed by atoms with Gasteiger partial charge >= 0.3 is 0 Å². The predicted molar refractivity (Wildman–Crippen MR) is 201 cm³/mol. The lowest BCUT2D eigenvalue weighted by Crippen LogP contribution is -2.62. The van der Waals surface area contributed by atoms with Crippen molar-refractivity contribution in [2.45, 2.75) is 77.9 Å². The van der Waals surface area contributed by atoms with E-state index in [4.69, 9.17) is 17.0 Å². The zero-order chi connectivity index (χ0) is 34.5. The molecule has 2 aromatic rings. The SMILES string of the molecule is CCN1C(=O)C(C2=C(C=CC3=[N+](C)c4ccccc4C3(C)C)CCCC2=CC=C2N(C)c3ccccc3C2(C)C)C(OC)N(CC)C1=S. The highest BCUT2D eigenvalue weighted by Crippen LogP contribution is 2.48. The summed E-state index contributed by atoms with van der Waals surface area (Å²) >= 11 is 5.86. The number of carbonyl (C=O) groups excluding carboxylic acids is 1. The normalized spacial score (nSPS) is 25.3. The number of anilines is 1. The van der Waals surface area contributed by atoms with Crippen LogP contribution in [-0.4, -0.2) is 71.6 Å². The van der Waals surface area contributed by atoms with E-state index < -0.39 is 12.1 Å². The number of hydrogen-bond acceptors (Lipinski definition) is 4. The summed E-state index contributed by atoms with van der Waals surface area (Å²) in [5.41, 5.74) is 10.8. The molecule has 1 fully saturated rings. The zero-order valence-electron chi connectivity index (χ0n) is 30.1. The van der Waals surface area contributed by atoms with Gasteiger partial charge in [-0.2, -0.15) is 4.58 Å². The molecule has 3 heterocycles. The molecule has 1 amide bonds. The number of allylic oxidation sites excluding steroid dienone is 7. The number of methoxy groups -OCH3 is 1. The molecule has 0 N–H and O–H groups in total. The third-order valence-electron chi connectivity index (χ3n) is 11.2. The molecule has 1 saturated heterocycles. The van der Waals surface area contributed by atoms with Gasteiger partial charge < -0.3 is 14.5 Å². The second-order valence-corrected chi connectivity index (χ2v) is 14.8. The van der Waals surface area contributed by atoms with E-state index in [1.165, 1.54) is 45.1 Å². The Morgan fingerprint density at radius 1 is 0.938 bits per heavy atom. The van der Waals surface area contributed by atoms with Crippen molar-refractivity contribution >= 4 is 40.3 Å². The van der Waals surface area contributed by atoms with E-state index in [0.29, 0.717) is 18.2 Å². The van der Waals surface area contributed by atoms with E-state index in [1.807, 2.05) is 6.92 Å². The third-order valence-corrected chi connectivity index (χ3v) is 11.6. The minimum atomic E-state index is -0.505. The van der Waals surface area contributed by atoms with Gasteiger partial charge in [-0.25, -0.2) is 0 Å². The highest BCUT2D eigenvalue weighted by Gasteiger charge is 2.48. The molecule has 0 saturated carbocycles. The van der Waals surface area contributed by atoms with Crippen molar-refractivity contribution in [1.29, 1.82) is 0 Å². The van der Waals surface area contributed by atoms with Crippen molar-refractivity contribution < 1.29 is 14.1 Å². The fourth-order valence-electron chi connectivity index (χ4n) is 8.62. The second kappa shape index (κ2) is 12.9. The van der Waals surface area contributed by atoms with Crippen LogP contribution in [0.25, 0.3) is 0 Å². The van der Waals surface area contributed by atoms with Crippen molar-refractivity contribution in [3.63, 3.8) is 0 Å². The molecule has 252 valence electrons. The molecular formula is C41H51N4O2S+. The summed E-state index contributed by atoms with van der Waals surface area (Å²) in [4.78, 5) is 20.7. The lowest BCUT2D eigenvalue weighted by Gasteiger charge is -2.47. The molecule has 0 bridgehead atoms. The van der Waals surface area contributed by atoms with Gasteiger partial charge in [0.05, 0.1) is 5.41 Å². The van der Waals surface area contributed by atoms with Crippen LogP contribution in [0.4, 0.5) is 11.4 Å². The average Bonchev–Trinajstić information content (AvgIpc) is 3.39. The van der Waals surface area contributed by atoms with Gasteiger partial charge in [0, 0.05) is 61.8 Å². The van der Waals surface area contributed by atoms with Crippen molar-refractivity contribution in [3.8, 4) is 0 Å². The van der Waals surface area contributed by atoms with E-state index in [9.17, 15) is 4.79 Å². The number of para-hydroxylation sites is 2. The molecule has 7 heteroatoms. The molecule has 1 aliphatic carbocycles. The molecule has 6 nitrogen and oxygen atoms in total. The molecule has 0 radical (unpaired) electrons. The standard InChI is InChI=1S/C41H51N4O2S/c1-10-44-37(46)36(38(47-9)45(11-2)39(44)48)35-27(23-25-33-40(3,4)29-19-12-14-21-31(29)42(33)7)17-16-18-28(35)24-26-34-41(5,6)30-20-13-15-22-32(30)43(34)8/h12-15,19-26,36,38H,10-11,16-18H2,1-9H3/q+1. The number of likely N-dealkylation sites (N-methyl/N-ethyl adjacent to an activating group) is 1. The van der Waals surface area contributed by atoms with Crippen LogP contribution in [0.3, 0.4) is 0 Å². The van der Waals surface area contributed by atoms with Crippen LogP contribution < -0.4 is 4.90 Å². The molecule has 0 aromatic heterocycles. The first-order valence-corrected chi connectivity index (χ1v) is 17.8. The average molecular weight is 664 g/mol. The lowest BCUT2D eigenvalue weighted by atomic mass is 9.76. The Morgan fingerprint density at radius 2 is 1.62 bits per heavy atom. The largest absolute Gasteiger partial charge is 0.360 e. The number of amides is 1. The maximum absolute atomic E-state index is 14.5. The summed E-state index contributed by atoms with van der Waals surface area (Å²) in [5, 5.41) is 0.545. The number of thiocarbonyl (C=S) groups is 1. The number of nitrogens with zero attached hydrogens (tertiary/aromatic N) is 4.